The highest BCUT2D eigenvalue weighted by Crippen LogP contribution is 2.34. The predicted molar refractivity (Wildman–Crippen MR) is 142 cm³/mol. The van der Waals surface area contributed by atoms with Gasteiger partial charge in [0.05, 0.1) is 23.0 Å². The zero-order chi connectivity index (χ0) is 26.3. The van der Waals surface area contributed by atoms with Crippen LogP contribution in [0.15, 0.2) is 30.5 Å². The summed E-state index contributed by atoms with van der Waals surface area (Å²) in [5, 5.41) is 0. The zero-order valence-corrected chi connectivity index (χ0v) is 22.3. The molecule has 3 aliphatic heterocycles. The molecule has 3 aliphatic rings. The molecule has 0 saturated carbocycles. The van der Waals surface area contributed by atoms with Crippen LogP contribution in [0.25, 0.3) is 0 Å². The maximum atomic E-state index is 13.8. The first-order chi connectivity index (χ1) is 17.7. The van der Waals surface area contributed by atoms with Crippen LogP contribution in [0.1, 0.15) is 41.3 Å². The van der Waals surface area contributed by atoms with Crippen LogP contribution in [0, 0.1) is 13.8 Å². The van der Waals surface area contributed by atoms with Gasteiger partial charge in [0, 0.05) is 44.6 Å². The Morgan fingerprint density at radius 1 is 1.05 bits per heavy atom. The minimum atomic E-state index is -3.57. The number of ether oxygens (including phenoxy) is 1. The van der Waals surface area contributed by atoms with Crippen LogP contribution in [0.4, 0.5) is 22.0 Å². The number of anilines is 3. The van der Waals surface area contributed by atoms with Crippen molar-refractivity contribution in [3.8, 4) is 0 Å². The average molecular weight is 528 g/mol. The highest BCUT2D eigenvalue weighted by molar-refractivity contribution is 7.92. The fraction of sp³-hybridized carbons (Fsp3) is 0.500. The molecule has 3 fully saturated rings. The van der Waals surface area contributed by atoms with Crippen LogP contribution in [-0.4, -0.2) is 81.4 Å². The summed E-state index contributed by atoms with van der Waals surface area (Å²) < 4.78 is 32.6. The summed E-state index contributed by atoms with van der Waals surface area (Å²) >= 11 is 0. The van der Waals surface area contributed by atoms with Crippen molar-refractivity contribution in [1.82, 2.24) is 9.88 Å². The summed E-state index contributed by atoms with van der Waals surface area (Å²) in [4.78, 5) is 36.1. The maximum Gasteiger partial charge on any atom is 0.414 e. The molecular formula is C26H33N5O5S. The van der Waals surface area contributed by atoms with E-state index in [0.717, 1.165) is 16.9 Å². The number of amides is 2. The summed E-state index contributed by atoms with van der Waals surface area (Å²) in [5.74, 6) is 0.746. The Morgan fingerprint density at radius 3 is 2.46 bits per heavy atom. The van der Waals surface area contributed by atoms with Crippen molar-refractivity contribution < 1.29 is 22.7 Å². The number of hydrogen-bond acceptors (Lipinski definition) is 7. The third kappa shape index (κ3) is 4.84. The number of aryl methyl sites for hydroxylation is 2. The summed E-state index contributed by atoms with van der Waals surface area (Å²) in [6.07, 6.45) is 2.67. The highest BCUT2D eigenvalue weighted by Gasteiger charge is 2.35. The SMILES string of the molecule is Cc1cnc(N2CCN(C(=O)c3ccc(N4C(=O)OC[C@H]4C)cc3N3CCCCS3(=O)=O)CC2)c(C)c1. The lowest BCUT2D eigenvalue weighted by molar-refractivity contribution is 0.0747. The number of sulfonamides is 1. The molecule has 0 spiro atoms. The fourth-order valence-corrected chi connectivity index (χ4v) is 6.97. The number of benzene rings is 1. The van der Waals surface area contributed by atoms with Crippen LogP contribution in [0.2, 0.25) is 0 Å². The number of carbonyl (C=O) groups excluding carboxylic acids is 2. The molecule has 5 rings (SSSR count). The number of aromatic nitrogens is 1. The van der Waals surface area contributed by atoms with Crippen molar-refractivity contribution in [3.05, 3.63) is 47.2 Å². The number of cyclic esters (lactones) is 1. The maximum absolute atomic E-state index is 13.8. The van der Waals surface area contributed by atoms with Crippen molar-refractivity contribution in [2.75, 3.05) is 59.2 Å². The molecule has 1 aromatic heterocycles. The number of hydrogen-bond donors (Lipinski definition) is 0. The Bertz CT molecular complexity index is 1320. The van der Waals surface area contributed by atoms with Crippen LogP contribution in [0.5, 0.6) is 0 Å². The van der Waals surface area contributed by atoms with E-state index in [1.807, 2.05) is 27.0 Å². The molecule has 37 heavy (non-hydrogen) atoms. The van der Waals surface area contributed by atoms with Gasteiger partial charge < -0.3 is 14.5 Å². The summed E-state index contributed by atoms with van der Waals surface area (Å²) in [6, 6.07) is 6.91. The van der Waals surface area contributed by atoms with E-state index < -0.39 is 16.1 Å². The van der Waals surface area contributed by atoms with Gasteiger partial charge in [0.1, 0.15) is 12.4 Å². The molecule has 198 valence electrons. The van der Waals surface area contributed by atoms with Crippen molar-refractivity contribution in [2.24, 2.45) is 0 Å². The molecule has 2 amide bonds. The molecule has 0 N–H and O–H groups in total. The minimum Gasteiger partial charge on any atom is -0.447 e. The molecular weight excluding hydrogens is 494 g/mol. The van der Waals surface area contributed by atoms with E-state index >= 15 is 0 Å². The summed E-state index contributed by atoms with van der Waals surface area (Å²) in [6.45, 7) is 8.74. The molecule has 0 aliphatic carbocycles. The molecule has 11 heteroatoms. The van der Waals surface area contributed by atoms with E-state index in [1.165, 1.54) is 9.21 Å². The molecule has 1 aromatic carbocycles. The summed E-state index contributed by atoms with van der Waals surface area (Å²) in [5.41, 5.74) is 3.38. The van der Waals surface area contributed by atoms with Crippen LogP contribution >= 0.6 is 0 Å². The van der Waals surface area contributed by atoms with Gasteiger partial charge in [0.2, 0.25) is 10.0 Å². The minimum absolute atomic E-state index is 0.0363. The molecule has 0 bridgehead atoms. The average Bonchev–Trinajstić information content (AvgIpc) is 3.21. The van der Waals surface area contributed by atoms with Gasteiger partial charge in [-0.1, -0.05) is 6.07 Å². The second-order valence-electron chi connectivity index (χ2n) is 10.0. The smallest absolute Gasteiger partial charge is 0.414 e. The second-order valence-corrected chi connectivity index (χ2v) is 12.0. The first-order valence-corrected chi connectivity index (χ1v) is 14.3. The Kier molecular flexibility index (Phi) is 6.74. The Hall–Kier alpha value is -3.34. The van der Waals surface area contributed by atoms with Gasteiger partial charge in [-0.05, 0) is 62.9 Å². The zero-order valence-electron chi connectivity index (χ0n) is 21.5. The molecule has 10 nitrogen and oxygen atoms in total. The van der Waals surface area contributed by atoms with Gasteiger partial charge in [0.15, 0.2) is 0 Å². The van der Waals surface area contributed by atoms with Crippen molar-refractivity contribution in [2.45, 2.75) is 39.7 Å². The monoisotopic (exact) mass is 527 g/mol. The Balaban J connectivity index is 1.43. The van der Waals surface area contributed by atoms with E-state index in [-0.39, 0.29) is 24.3 Å². The Morgan fingerprint density at radius 2 is 1.81 bits per heavy atom. The fourth-order valence-electron chi connectivity index (χ4n) is 5.32. The molecule has 0 unspecified atom stereocenters. The lowest BCUT2D eigenvalue weighted by Crippen LogP contribution is -2.49. The van der Waals surface area contributed by atoms with Gasteiger partial charge in [-0.3, -0.25) is 14.0 Å². The third-order valence-electron chi connectivity index (χ3n) is 7.25. The van der Waals surface area contributed by atoms with E-state index in [2.05, 4.69) is 16.0 Å². The lowest BCUT2D eigenvalue weighted by Gasteiger charge is -2.37. The van der Waals surface area contributed by atoms with Crippen molar-refractivity contribution in [3.63, 3.8) is 0 Å². The van der Waals surface area contributed by atoms with Crippen LogP contribution in [-0.2, 0) is 14.8 Å². The quantitative estimate of drug-likeness (QED) is 0.602. The molecule has 0 radical (unpaired) electrons. The standard InChI is InChI=1S/C26H33N5O5S/c1-18-14-19(2)24(27-16-18)28-9-11-29(12-10-28)25(32)22-7-6-21(31-20(3)17-36-26(31)33)15-23(22)30-8-4-5-13-37(30,34)35/h6-7,14-16,20H,4-5,8-13,17H2,1-3H3/t20-/m1/s1. The highest BCUT2D eigenvalue weighted by atomic mass is 32.2. The molecule has 3 saturated heterocycles. The van der Waals surface area contributed by atoms with Gasteiger partial charge in [0.25, 0.3) is 5.91 Å². The molecule has 1 atom stereocenters. The van der Waals surface area contributed by atoms with Gasteiger partial charge >= 0.3 is 6.09 Å². The van der Waals surface area contributed by atoms with Gasteiger partial charge in [-0.25, -0.2) is 18.2 Å². The van der Waals surface area contributed by atoms with Crippen LogP contribution < -0.4 is 14.1 Å². The third-order valence-corrected chi connectivity index (χ3v) is 9.10. The summed E-state index contributed by atoms with van der Waals surface area (Å²) in [7, 11) is -3.57. The Labute approximate surface area is 217 Å². The van der Waals surface area contributed by atoms with E-state index in [0.29, 0.717) is 62.5 Å². The number of carbonyl (C=O) groups is 2. The lowest BCUT2D eigenvalue weighted by atomic mass is 10.1. The van der Waals surface area contributed by atoms with E-state index in [4.69, 9.17) is 4.74 Å². The van der Waals surface area contributed by atoms with Crippen molar-refractivity contribution in [1.29, 1.82) is 0 Å². The van der Waals surface area contributed by atoms with E-state index in [1.54, 1.807) is 23.1 Å². The van der Waals surface area contributed by atoms with Crippen LogP contribution in [0.3, 0.4) is 0 Å². The molecule has 4 heterocycles. The number of nitrogens with zero attached hydrogens (tertiary/aromatic N) is 5. The van der Waals surface area contributed by atoms with Gasteiger partial charge in [-0.2, -0.15) is 0 Å². The first kappa shape index (κ1) is 25.3. The van der Waals surface area contributed by atoms with Crippen molar-refractivity contribution >= 4 is 39.2 Å². The number of rotatable bonds is 4. The van der Waals surface area contributed by atoms with Gasteiger partial charge in [-0.15, -0.1) is 0 Å². The number of piperazine rings is 1. The largest absolute Gasteiger partial charge is 0.447 e. The number of pyridine rings is 1. The second kappa shape index (κ2) is 9.85. The van der Waals surface area contributed by atoms with E-state index in [9.17, 15) is 18.0 Å². The topological polar surface area (TPSA) is 103 Å². The first-order valence-electron chi connectivity index (χ1n) is 12.7. The predicted octanol–water partition coefficient (Wildman–Crippen LogP) is 2.94. The molecule has 2 aromatic rings. The normalized spacial score (nSPS) is 21.8.